The van der Waals surface area contributed by atoms with Crippen molar-refractivity contribution in [3.8, 4) is 0 Å². The molecule has 0 amide bonds. The van der Waals surface area contributed by atoms with E-state index in [1.54, 1.807) is 0 Å². The second kappa shape index (κ2) is 6.20. The van der Waals surface area contributed by atoms with Gasteiger partial charge in [0.2, 0.25) is 0 Å². The van der Waals surface area contributed by atoms with Crippen LogP contribution in [0.15, 0.2) is 18.2 Å². The number of carbonyl (C=O) groups excluding carboxylic acids is 1. The van der Waals surface area contributed by atoms with Gasteiger partial charge in [0, 0.05) is 0 Å². The van der Waals surface area contributed by atoms with Crippen molar-refractivity contribution in [2.24, 2.45) is 0 Å². The SMILES string of the molecule is CCOC(=O)CC(C)(c1cc(C)cc(C)c1)N(C)C. The summed E-state index contributed by atoms with van der Waals surface area (Å²) < 4.78 is 5.10. The van der Waals surface area contributed by atoms with E-state index in [4.69, 9.17) is 4.74 Å². The maximum absolute atomic E-state index is 11.9. The van der Waals surface area contributed by atoms with Crippen LogP contribution in [0.3, 0.4) is 0 Å². The summed E-state index contributed by atoms with van der Waals surface area (Å²) in [5.41, 5.74) is 3.24. The van der Waals surface area contributed by atoms with Crippen molar-refractivity contribution in [3.05, 3.63) is 34.9 Å². The van der Waals surface area contributed by atoms with Crippen LogP contribution in [0.1, 0.15) is 37.0 Å². The van der Waals surface area contributed by atoms with Crippen LogP contribution < -0.4 is 0 Å². The van der Waals surface area contributed by atoms with Gasteiger partial charge in [0.25, 0.3) is 0 Å². The van der Waals surface area contributed by atoms with Gasteiger partial charge in [0.05, 0.1) is 18.6 Å². The molecule has 1 atom stereocenters. The van der Waals surface area contributed by atoms with Gasteiger partial charge in [-0.1, -0.05) is 29.3 Å². The minimum Gasteiger partial charge on any atom is -0.466 e. The molecule has 0 saturated heterocycles. The first-order chi connectivity index (χ1) is 8.79. The standard InChI is InChI=1S/C16H25NO2/c1-7-19-15(18)11-16(4,17(5)6)14-9-12(2)8-13(3)10-14/h8-10H,7,11H2,1-6H3. The first-order valence-corrected chi connectivity index (χ1v) is 6.71. The smallest absolute Gasteiger partial charge is 0.307 e. The molecule has 1 unspecified atom stereocenters. The highest BCUT2D eigenvalue weighted by molar-refractivity contribution is 5.71. The zero-order valence-electron chi connectivity index (χ0n) is 12.9. The Morgan fingerprint density at radius 1 is 1.21 bits per heavy atom. The summed E-state index contributed by atoms with van der Waals surface area (Å²) in [7, 11) is 3.99. The van der Waals surface area contributed by atoms with Crippen LogP contribution in [-0.4, -0.2) is 31.6 Å². The molecular formula is C16H25NO2. The number of esters is 1. The summed E-state index contributed by atoms with van der Waals surface area (Å²) in [4.78, 5) is 13.9. The Morgan fingerprint density at radius 3 is 2.16 bits per heavy atom. The van der Waals surface area contributed by atoms with Crippen LogP contribution in [0.25, 0.3) is 0 Å². The number of nitrogens with zero attached hydrogens (tertiary/aromatic N) is 1. The molecule has 3 nitrogen and oxygen atoms in total. The van der Waals surface area contributed by atoms with Crippen molar-refractivity contribution in [1.82, 2.24) is 4.90 Å². The van der Waals surface area contributed by atoms with Crippen molar-refractivity contribution in [2.45, 2.75) is 39.7 Å². The molecule has 0 aromatic heterocycles. The molecule has 1 aromatic rings. The lowest BCUT2D eigenvalue weighted by Gasteiger charge is -2.36. The fraction of sp³-hybridized carbons (Fsp3) is 0.562. The molecule has 0 heterocycles. The maximum atomic E-state index is 11.9. The van der Waals surface area contributed by atoms with Gasteiger partial charge < -0.3 is 4.74 Å². The molecule has 0 saturated carbocycles. The highest BCUT2D eigenvalue weighted by Crippen LogP contribution is 2.31. The van der Waals surface area contributed by atoms with Gasteiger partial charge >= 0.3 is 5.97 Å². The van der Waals surface area contributed by atoms with Crippen LogP contribution >= 0.6 is 0 Å². The van der Waals surface area contributed by atoms with Crippen molar-refractivity contribution >= 4 is 5.97 Å². The Morgan fingerprint density at radius 2 is 1.74 bits per heavy atom. The fourth-order valence-corrected chi connectivity index (χ4v) is 2.30. The zero-order valence-corrected chi connectivity index (χ0v) is 12.9. The molecule has 0 aliphatic heterocycles. The molecule has 0 aliphatic rings. The van der Waals surface area contributed by atoms with Crippen LogP contribution in [0.2, 0.25) is 0 Å². The molecule has 1 rings (SSSR count). The van der Waals surface area contributed by atoms with E-state index >= 15 is 0 Å². The summed E-state index contributed by atoms with van der Waals surface area (Å²) in [5, 5.41) is 0. The Kier molecular flexibility index (Phi) is 5.12. The number of carbonyl (C=O) groups is 1. The number of rotatable bonds is 5. The monoisotopic (exact) mass is 263 g/mol. The Balaban J connectivity index is 3.14. The average Bonchev–Trinajstić information content (AvgIpc) is 2.27. The maximum Gasteiger partial charge on any atom is 0.307 e. The molecule has 0 N–H and O–H groups in total. The van der Waals surface area contributed by atoms with Crippen LogP contribution in [0.5, 0.6) is 0 Å². The molecule has 1 aromatic carbocycles. The van der Waals surface area contributed by atoms with Crippen molar-refractivity contribution < 1.29 is 9.53 Å². The summed E-state index contributed by atoms with van der Waals surface area (Å²) >= 11 is 0. The largest absolute Gasteiger partial charge is 0.466 e. The molecule has 0 spiro atoms. The molecular weight excluding hydrogens is 238 g/mol. The van der Waals surface area contributed by atoms with Crippen LogP contribution in [0, 0.1) is 13.8 Å². The van der Waals surface area contributed by atoms with Crippen LogP contribution in [0.4, 0.5) is 0 Å². The number of ether oxygens (including phenoxy) is 1. The quantitative estimate of drug-likeness (QED) is 0.765. The van der Waals surface area contributed by atoms with Crippen molar-refractivity contribution in [1.29, 1.82) is 0 Å². The van der Waals surface area contributed by atoms with Gasteiger partial charge in [-0.3, -0.25) is 9.69 Å². The molecule has 0 fully saturated rings. The van der Waals surface area contributed by atoms with E-state index in [-0.39, 0.29) is 11.5 Å². The number of hydrogen-bond acceptors (Lipinski definition) is 3. The topological polar surface area (TPSA) is 29.5 Å². The second-order valence-corrected chi connectivity index (χ2v) is 5.53. The Hall–Kier alpha value is -1.35. The third-order valence-electron chi connectivity index (χ3n) is 3.62. The van der Waals surface area contributed by atoms with Crippen molar-refractivity contribution in [2.75, 3.05) is 20.7 Å². The molecule has 0 aliphatic carbocycles. The Bertz CT molecular complexity index is 434. The summed E-state index contributed by atoms with van der Waals surface area (Å²) in [6.45, 7) is 8.50. The van der Waals surface area contributed by atoms with E-state index in [9.17, 15) is 4.79 Å². The highest BCUT2D eigenvalue weighted by atomic mass is 16.5. The van der Waals surface area contributed by atoms with Gasteiger partial charge in [-0.05, 0) is 47.4 Å². The first kappa shape index (κ1) is 15.7. The van der Waals surface area contributed by atoms with Gasteiger partial charge in [0.15, 0.2) is 0 Å². The number of aryl methyl sites for hydroxylation is 2. The zero-order chi connectivity index (χ0) is 14.6. The van der Waals surface area contributed by atoms with E-state index in [1.165, 1.54) is 11.1 Å². The van der Waals surface area contributed by atoms with Gasteiger partial charge in [-0.25, -0.2) is 0 Å². The lowest BCUT2D eigenvalue weighted by molar-refractivity contribution is -0.146. The third kappa shape index (κ3) is 3.80. The number of benzene rings is 1. The minimum absolute atomic E-state index is 0.155. The van der Waals surface area contributed by atoms with E-state index in [0.29, 0.717) is 13.0 Å². The Labute approximate surface area is 116 Å². The van der Waals surface area contributed by atoms with Gasteiger partial charge in [-0.2, -0.15) is 0 Å². The highest BCUT2D eigenvalue weighted by Gasteiger charge is 2.32. The van der Waals surface area contributed by atoms with Gasteiger partial charge in [-0.15, -0.1) is 0 Å². The molecule has 106 valence electrons. The first-order valence-electron chi connectivity index (χ1n) is 6.71. The molecule has 0 bridgehead atoms. The fourth-order valence-electron chi connectivity index (χ4n) is 2.30. The predicted molar refractivity (Wildman–Crippen MR) is 78.2 cm³/mol. The van der Waals surface area contributed by atoms with E-state index < -0.39 is 0 Å². The minimum atomic E-state index is -0.344. The second-order valence-electron chi connectivity index (χ2n) is 5.53. The molecule has 0 radical (unpaired) electrons. The average molecular weight is 263 g/mol. The summed E-state index contributed by atoms with van der Waals surface area (Å²) in [5.74, 6) is -0.155. The lowest BCUT2D eigenvalue weighted by Crippen LogP contribution is -2.41. The summed E-state index contributed by atoms with van der Waals surface area (Å²) in [6, 6.07) is 6.43. The predicted octanol–water partition coefficient (Wildman–Crippen LogP) is 3.03. The number of hydrogen-bond donors (Lipinski definition) is 0. The lowest BCUT2D eigenvalue weighted by atomic mass is 9.85. The molecule has 19 heavy (non-hydrogen) atoms. The van der Waals surface area contributed by atoms with Crippen molar-refractivity contribution in [3.63, 3.8) is 0 Å². The third-order valence-corrected chi connectivity index (χ3v) is 3.62. The van der Waals surface area contributed by atoms with Crippen LogP contribution in [-0.2, 0) is 15.1 Å². The van der Waals surface area contributed by atoms with E-state index in [2.05, 4.69) is 43.9 Å². The van der Waals surface area contributed by atoms with E-state index in [0.717, 1.165) is 5.56 Å². The normalized spacial score (nSPS) is 14.3. The molecule has 3 heteroatoms. The summed E-state index contributed by atoms with van der Waals surface area (Å²) in [6.07, 6.45) is 0.358. The van der Waals surface area contributed by atoms with E-state index in [1.807, 2.05) is 21.0 Å². The van der Waals surface area contributed by atoms with Gasteiger partial charge in [0.1, 0.15) is 0 Å².